The highest BCUT2D eigenvalue weighted by Gasteiger charge is 2.21. The standard InChI is InChI=1S/C18H21NO3/c1-4-13(2)8-7-11-19-12-15(17(20)18(21)22-3)14-9-5-6-10-16(14)19/h4-6,9-10,12-13H,1,7-8,11H2,2-3H3. The largest absolute Gasteiger partial charge is 0.463 e. The number of Topliss-reactive ketones (excluding diaryl/α,β-unsaturated/α-hetero) is 1. The number of hydrogen-bond acceptors (Lipinski definition) is 3. The highest BCUT2D eigenvalue weighted by molar-refractivity contribution is 6.42. The molecule has 4 heteroatoms. The van der Waals surface area contributed by atoms with Crippen molar-refractivity contribution >= 4 is 22.7 Å². The van der Waals surface area contributed by atoms with Crippen molar-refractivity contribution in [3.05, 3.63) is 48.7 Å². The molecule has 1 aromatic carbocycles. The number of fused-ring (bicyclic) bond motifs is 1. The summed E-state index contributed by atoms with van der Waals surface area (Å²) in [7, 11) is 1.22. The first-order valence-corrected chi connectivity index (χ1v) is 7.41. The Bertz CT molecular complexity index is 699. The predicted octanol–water partition coefficient (Wildman–Crippen LogP) is 3.60. The molecule has 0 aliphatic rings. The number of nitrogens with zero attached hydrogens (tertiary/aromatic N) is 1. The molecular formula is C18H21NO3. The van der Waals surface area contributed by atoms with Gasteiger partial charge in [0.05, 0.1) is 12.7 Å². The molecule has 0 fully saturated rings. The Morgan fingerprint density at radius 1 is 1.36 bits per heavy atom. The summed E-state index contributed by atoms with van der Waals surface area (Å²) in [5.74, 6) is -0.960. The first-order valence-electron chi connectivity index (χ1n) is 7.41. The molecule has 2 aromatic rings. The molecule has 0 amide bonds. The number of esters is 1. The minimum Gasteiger partial charge on any atom is -0.463 e. The van der Waals surface area contributed by atoms with Crippen LogP contribution in [0.4, 0.5) is 0 Å². The van der Waals surface area contributed by atoms with E-state index in [4.69, 9.17) is 0 Å². The molecule has 116 valence electrons. The van der Waals surface area contributed by atoms with Crippen LogP contribution in [0.1, 0.15) is 30.1 Å². The summed E-state index contributed by atoms with van der Waals surface area (Å²) in [5, 5.41) is 0.787. The number of carbonyl (C=O) groups excluding carboxylic acids is 2. The summed E-state index contributed by atoms with van der Waals surface area (Å²) in [6, 6.07) is 7.60. The van der Waals surface area contributed by atoms with Gasteiger partial charge in [-0.25, -0.2) is 4.79 Å². The van der Waals surface area contributed by atoms with E-state index in [0.29, 0.717) is 11.5 Å². The molecule has 2 rings (SSSR count). The van der Waals surface area contributed by atoms with Crippen LogP contribution in [0.25, 0.3) is 10.9 Å². The van der Waals surface area contributed by atoms with Crippen LogP contribution in [-0.4, -0.2) is 23.4 Å². The van der Waals surface area contributed by atoms with Crippen LogP contribution in [0.3, 0.4) is 0 Å². The maximum atomic E-state index is 12.1. The van der Waals surface area contributed by atoms with Crippen LogP contribution < -0.4 is 0 Å². The molecule has 0 aliphatic heterocycles. The molecular weight excluding hydrogens is 278 g/mol. The molecule has 0 radical (unpaired) electrons. The molecule has 1 aromatic heterocycles. The molecule has 4 nitrogen and oxygen atoms in total. The fourth-order valence-corrected chi connectivity index (χ4v) is 2.52. The van der Waals surface area contributed by atoms with Crippen molar-refractivity contribution in [1.82, 2.24) is 4.57 Å². The van der Waals surface area contributed by atoms with Crippen LogP contribution in [0.2, 0.25) is 0 Å². The van der Waals surface area contributed by atoms with Gasteiger partial charge in [0.1, 0.15) is 0 Å². The molecule has 1 unspecified atom stereocenters. The van der Waals surface area contributed by atoms with E-state index in [1.54, 1.807) is 6.20 Å². The highest BCUT2D eigenvalue weighted by atomic mass is 16.5. The lowest BCUT2D eigenvalue weighted by molar-refractivity contribution is -0.135. The molecule has 0 bridgehead atoms. The monoisotopic (exact) mass is 299 g/mol. The second-order valence-electron chi connectivity index (χ2n) is 5.43. The van der Waals surface area contributed by atoms with Crippen molar-refractivity contribution < 1.29 is 14.3 Å². The molecule has 22 heavy (non-hydrogen) atoms. The Kier molecular flexibility index (Phi) is 5.15. The average Bonchev–Trinajstić information content (AvgIpc) is 2.92. The highest BCUT2D eigenvalue weighted by Crippen LogP contribution is 2.23. The lowest BCUT2D eigenvalue weighted by atomic mass is 10.1. The van der Waals surface area contributed by atoms with Crippen molar-refractivity contribution in [2.75, 3.05) is 7.11 Å². The van der Waals surface area contributed by atoms with E-state index in [1.165, 1.54) is 7.11 Å². The van der Waals surface area contributed by atoms with Gasteiger partial charge in [-0.1, -0.05) is 31.2 Å². The van der Waals surface area contributed by atoms with E-state index < -0.39 is 11.8 Å². The molecule has 0 saturated heterocycles. The number of hydrogen-bond donors (Lipinski definition) is 0. The minimum atomic E-state index is -0.830. The van der Waals surface area contributed by atoms with E-state index in [9.17, 15) is 9.59 Å². The first kappa shape index (κ1) is 16.0. The van der Waals surface area contributed by atoms with Crippen molar-refractivity contribution in [1.29, 1.82) is 0 Å². The van der Waals surface area contributed by atoms with Gasteiger partial charge in [-0.3, -0.25) is 4.79 Å². The van der Waals surface area contributed by atoms with Crippen LogP contribution in [0, 0.1) is 5.92 Å². The topological polar surface area (TPSA) is 48.3 Å². The summed E-state index contributed by atoms with van der Waals surface area (Å²) in [5.41, 5.74) is 1.36. The van der Waals surface area contributed by atoms with E-state index >= 15 is 0 Å². The maximum absolute atomic E-state index is 12.1. The lowest BCUT2D eigenvalue weighted by Crippen LogP contribution is -2.15. The van der Waals surface area contributed by atoms with Gasteiger partial charge in [-0.05, 0) is 24.8 Å². The maximum Gasteiger partial charge on any atom is 0.379 e. The zero-order valence-corrected chi connectivity index (χ0v) is 13.0. The third kappa shape index (κ3) is 3.27. The second kappa shape index (κ2) is 7.07. The zero-order chi connectivity index (χ0) is 16.1. The van der Waals surface area contributed by atoms with Crippen molar-refractivity contribution in [2.45, 2.75) is 26.3 Å². The number of ether oxygens (including phenoxy) is 1. The number of aromatic nitrogens is 1. The summed E-state index contributed by atoms with van der Waals surface area (Å²) in [4.78, 5) is 23.6. The Morgan fingerprint density at radius 3 is 2.77 bits per heavy atom. The lowest BCUT2D eigenvalue weighted by Gasteiger charge is -2.07. The molecule has 0 aliphatic carbocycles. The number of rotatable bonds is 7. The number of aryl methyl sites for hydroxylation is 1. The van der Waals surface area contributed by atoms with Crippen LogP contribution in [-0.2, 0) is 16.1 Å². The van der Waals surface area contributed by atoms with Gasteiger partial charge in [-0.15, -0.1) is 6.58 Å². The van der Waals surface area contributed by atoms with Gasteiger partial charge >= 0.3 is 5.97 Å². The van der Waals surface area contributed by atoms with Gasteiger partial charge < -0.3 is 9.30 Å². The first-order chi connectivity index (χ1) is 10.6. The van der Waals surface area contributed by atoms with Crippen LogP contribution in [0.15, 0.2) is 43.1 Å². The second-order valence-corrected chi connectivity index (χ2v) is 5.43. The zero-order valence-electron chi connectivity index (χ0n) is 13.0. The summed E-state index contributed by atoms with van der Waals surface area (Å²) in [6.07, 6.45) is 5.72. The van der Waals surface area contributed by atoms with Crippen LogP contribution >= 0.6 is 0 Å². The van der Waals surface area contributed by atoms with E-state index in [2.05, 4.69) is 18.2 Å². The molecule has 1 heterocycles. The van der Waals surface area contributed by atoms with Gasteiger partial charge in [0.25, 0.3) is 5.78 Å². The number of allylic oxidation sites excluding steroid dienone is 1. The third-order valence-electron chi connectivity index (χ3n) is 3.86. The fraction of sp³-hybridized carbons (Fsp3) is 0.333. The van der Waals surface area contributed by atoms with Crippen LogP contribution in [0.5, 0.6) is 0 Å². The van der Waals surface area contributed by atoms with Gasteiger partial charge in [0.15, 0.2) is 0 Å². The molecule has 1 atom stereocenters. The molecule has 0 N–H and O–H groups in total. The average molecular weight is 299 g/mol. The number of ketones is 1. The number of para-hydroxylation sites is 1. The fourth-order valence-electron chi connectivity index (χ4n) is 2.52. The van der Waals surface area contributed by atoms with Crippen molar-refractivity contribution in [3.63, 3.8) is 0 Å². The predicted molar refractivity (Wildman–Crippen MR) is 86.9 cm³/mol. The Morgan fingerprint density at radius 2 is 2.09 bits per heavy atom. The number of carbonyl (C=O) groups is 2. The number of benzene rings is 1. The Balaban J connectivity index is 2.29. The third-order valence-corrected chi connectivity index (χ3v) is 3.86. The van der Waals surface area contributed by atoms with Crippen molar-refractivity contribution in [2.24, 2.45) is 5.92 Å². The Hall–Kier alpha value is -2.36. The van der Waals surface area contributed by atoms with Gasteiger partial charge in [0.2, 0.25) is 0 Å². The molecule has 0 spiro atoms. The van der Waals surface area contributed by atoms with E-state index in [-0.39, 0.29) is 0 Å². The van der Waals surface area contributed by atoms with E-state index in [1.807, 2.05) is 34.9 Å². The summed E-state index contributed by atoms with van der Waals surface area (Å²) >= 11 is 0. The van der Waals surface area contributed by atoms with Gasteiger partial charge in [-0.2, -0.15) is 0 Å². The minimum absolute atomic E-state index is 0.402. The van der Waals surface area contributed by atoms with E-state index in [0.717, 1.165) is 30.3 Å². The van der Waals surface area contributed by atoms with Gasteiger partial charge in [0, 0.05) is 23.6 Å². The smallest absolute Gasteiger partial charge is 0.379 e. The quantitative estimate of drug-likeness (QED) is 0.340. The molecule has 0 saturated carbocycles. The number of methoxy groups -OCH3 is 1. The summed E-state index contributed by atoms with van der Waals surface area (Å²) in [6.45, 7) is 6.72. The summed E-state index contributed by atoms with van der Waals surface area (Å²) < 4.78 is 6.57. The SMILES string of the molecule is C=CC(C)CCCn1cc(C(=O)C(=O)OC)c2ccccc21. The normalized spacial score (nSPS) is 12.1. The van der Waals surface area contributed by atoms with Crippen molar-refractivity contribution in [3.8, 4) is 0 Å². The Labute approximate surface area is 130 Å².